The Morgan fingerprint density at radius 3 is 2.31 bits per heavy atom. The molecule has 4 bridgehead atoms. The van der Waals surface area contributed by atoms with Gasteiger partial charge in [-0.1, -0.05) is 36.9 Å². The third kappa shape index (κ3) is 2.90. The van der Waals surface area contributed by atoms with Crippen LogP contribution in [0.5, 0.6) is 5.75 Å². The lowest BCUT2D eigenvalue weighted by Crippen LogP contribution is -2.48. The molecule has 0 aromatic heterocycles. The Labute approximate surface area is 172 Å². The third-order valence-electron chi connectivity index (χ3n) is 7.66. The second-order valence-corrected chi connectivity index (χ2v) is 9.39. The van der Waals surface area contributed by atoms with Crippen LogP contribution in [0.3, 0.4) is 0 Å². The molecule has 2 aromatic rings. The van der Waals surface area contributed by atoms with Crippen molar-refractivity contribution >= 4 is 12.0 Å². The summed E-state index contributed by atoms with van der Waals surface area (Å²) in [6.45, 7) is 3.85. The zero-order chi connectivity index (χ0) is 20.2. The van der Waals surface area contributed by atoms with E-state index in [0.29, 0.717) is 5.56 Å². The Morgan fingerprint density at radius 2 is 1.76 bits per heavy atom. The summed E-state index contributed by atoms with van der Waals surface area (Å²) < 4.78 is 5.91. The van der Waals surface area contributed by atoms with Gasteiger partial charge in [-0.2, -0.15) is 0 Å². The van der Waals surface area contributed by atoms with Gasteiger partial charge in [0.05, 0.1) is 12.7 Å². The minimum atomic E-state index is -0.932. The molecule has 1 N–H and O–H groups in total. The topological polar surface area (TPSA) is 46.5 Å². The summed E-state index contributed by atoms with van der Waals surface area (Å²) in [6.07, 6.45) is 9.78. The minimum absolute atomic E-state index is 0.267. The first-order valence-electron chi connectivity index (χ1n) is 10.7. The number of methoxy groups -OCH3 is 1. The fourth-order valence-electron chi connectivity index (χ4n) is 6.96. The van der Waals surface area contributed by atoms with E-state index >= 15 is 0 Å². The number of ether oxygens (including phenoxy) is 1. The third-order valence-corrected chi connectivity index (χ3v) is 7.66. The van der Waals surface area contributed by atoms with E-state index in [1.807, 2.05) is 6.07 Å². The van der Waals surface area contributed by atoms with E-state index in [1.165, 1.54) is 44.1 Å². The molecule has 3 heteroatoms. The highest BCUT2D eigenvalue weighted by Crippen LogP contribution is 2.62. The van der Waals surface area contributed by atoms with E-state index in [4.69, 9.17) is 4.74 Å². The molecule has 6 rings (SSSR count). The molecule has 0 amide bonds. The van der Waals surface area contributed by atoms with Crippen molar-refractivity contribution in [3.05, 3.63) is 59.7 Å². The molecular formula is C26H28O3. The number of carbonyl (C=O) groups is 1. The first-order valence-corrected chi connectivity index (χ1v) is 10.7. The van der Waals surface area contributed by atoms with Gasteiger partial charge in [0.15, 0.2) is 0 Å². The number of aromatic carboxylic acids is 1. The van der Waals surface area contributed by atoms with Crippen LogP contribution >= 0.6 is 0 Å². The van der Waals surface area contributed by atoms with Crippen molar-refractivity contribution in [2.24, 2.45) is 17.8 Å². The van der Waals surface area contributed by atoms with Crippen LogP contribution in [0.1, 0.15) is 60.0 Å². The highest BCUT2D eigenvalue weighted by atomic mass is 16.5. The summed E-state index contributed by atoms with van der Waals surface area (Å²) in [5.74, 6) is 2.65. The maximum Gasteiger partial charge on any atom is 0.336 e. The molecule has 0 aliphatic heterocycles. The van der Waals surface area contributed by atoms with Crippen LogP contribution in [-0.4, -0.2) is 18.2 Å². The fraction of sp³-hybridized carbons (Fsp3) is 0.423. The van der Waals surface area contributed by atoms with Crippen LogP contribution in [0.15, 0.2) is 43.0 Å². The number of benzene rings is 2. The molecule has 0 spiro atoms. The molecule has 0 unspecified atom stereocenters. The highest BCUT2D eigenvalue weighted by Gasteiger charge is 2.52. The van der Waals surface area contributed by atoms with E-state index in [0.717, 1.165) is 34.6 Å². The monoisotopic (exact) mass is 388 g/mol. The zero-order valence-corrected chi connectivity index (χ0v) is 17.0. The van der Waals surface area contributed by atoms with Crippen molar-refractivity contribution in [3.8, 4) is 16.9 Å². The van der Waals surface area contributed by atoms with Crippen molar-refractivity contribution in [2.75, 3.05) is 7.11 Å². The maximum absolute atomic E-state index is 11.6. The summed E-state index contributed by atoms with van der Waals surface area (Å²) in [5, 5.41) is 9.54. The Kier molecular flexibility index (Phi) is 4.31. The van der Waals surface area contributed by atoms with E-state index in [1.54, 1.807) is 25.3 Å². The molecular weight excluding hydrogens is 360 g/mol. The molecule has 0 atom stereocenters. The Balaban J connectivity index is 1.59. The Bertz CT molecular complexity index is 952. The lowest BCUT2D eigenvalue weighted by molar-refractivity contribution is -0.00614. The smallest absolute Gasteiger partial charge is 0.336 e. The van der Waals surface area contributed by atoms with Gasteiger partial charge in [0.25, 0.3) is 0 Å². The van der Waals surface area contributed by atoms with Crippen LogP contribution in [-0.2, 0) is 5.41 Å². The number of rotatable bonds is 5. The number of hydrogen-bond donors (Lipinski definition) is 1. The van der Waals surface area contributed by atoms with E-state index in [2.05, 4.69) is 24.8 Å². The van der Waals surface area contributed by atoms with Gasteiger partial charge in [-0.3, -0.25) is 0 Å². The molecule has 4 aliphatic carbocycles. The van der Waals surface area contributed by atoms with Gasteiger partial charge < -0.3 is 9.84 Å². The summed E-state index contributed by atoms with van der Waals surface area (Å²) in [7, 11) is 1.76. The maximum atomic E-state index is 11.6. The van der Waals surface area contributed by atoms with Gasteiger partial charge in [0, 0.05) is 5.56 Å². The second kappa shape index (κ2) is 6.76. The summed E-state index contributed by atoms with van der Waals surface area (Å²) >= 11 is 0. The van der Waals surface area contributed by atoms with Gasteiger partial charge in [-0.15, -0.1) is 0 Å². The quantitative estimate of drug-likeness (QED) is 0.666. The van der Waals surface area contributed by atoms with Crippen molar-refractivity contribution < 1.29 is 14.6 Å². The lowest BCUT2D eigenvalue weighted by Gasteiger charge is -2.57. The molecule has 3 nitrogen and oxygen atoms in total. The van der Waals surface area contributed by atoms with Crippen LogP contribution in [0.25, 0.3) is 17.2 Å². The second-order valence-electron chi connectivity index (χ2n) is 9.39. The molecule has 4 aliphatic rings. The predicted molar refractivity (Wildman–Crippen MR) is 115 cm³/mol. The predicted octanol–water partition coefficient (Wildman–Crippen LogP) is 6.17. The van der Waals surface area contributed by atoms with Gasteiger partial charge in [0.1, 0.15) is 5.75 Å². The average molecular weight is 389 g/mol. The van der Waals surface area contributed by atoms with Crippen LogP contribution in [0.4, 0.5) is 0 Å². The first-order chi connectivity index (χ1) is 14.0. The first kappa shape index (κ1) is 18.5. The molecule has 4 fully saturated rings. The van der Waals surface area contributed by atoms with Gasteiger partial charge in [-0.05, 0) is 90.5 Å². The van der Waals surface area contributed by atoms with Gasteiger partial charge in [0.2, 0.25) is 0 Å². The number of carboxylic acid groups (broad SMARTS) is 1. The molecule has 2 aromatic carbocycles. The van der Waals surface area contributed by atoms with Gasteiger partial charge in [-0.25, -0.2) is 4.79 Å². The average Bonchev–Trinajstić information content (AvgIpc) is 2.71. The Hall–Kier alpha value is -2.55. The largest absolute Gasteiger partial charge is 0.496 e. The standard InChI is InChI=1S/C26H28O3/c1-3-20-21(5-4-6-22(20)25(27)28)19-7-8-23(24(12-19)29-2)26-13-16-9-17(14-26)11-18(10-16)15-26/h3-8,12,16-18H,1,9-11,13-15H2,2H3,(H,27,28). The summed E-state index contributed by atoms with van der Waals surface area (Å²) in [5.41, 5.74) is 4.43. The van der Waals surface area contributed by atoms with Crippen LogP contribution < -0.4 is 4.74 Å². The number of hydrogen-bond acceptors (Lipinski definition) is 2. The minimum Gasteiger partial charge on any atom is -0.496 e. The molecule has 0 heterocycles. The number of carboxylic acids is 1. The van der Waals surface area contributed by atoms with Crippen molar-refractivity contribution in [3.63, 3.8) is 0 Å². The van der Waals surface area contributed by atoms with Crippen LogP contribution in [0, 0.1) is 17.8 Å². The zero-order valence-electron chi connectivity index (χ0n) is 17.0. The Morgan fingerprint density at radius 1 is 1.10 bits per heavy atom. The highest BCUT2D eigenvalue weighted by molar-refractivity contribution is 5.96. The lowest BCUT2D eigenvalue weighted by atomic mass is 9.48. The summed E-state index contributed by atoms with van der Waals surface area (Å²) in [6, 6.07) is 11.9. The van der Waals surface area contributed by atoms with Crippen molar-refractivity contribution in [2.45, 2.75) is 43.9 Å². The van der Waals surface area contributed by atoms with Crippen molar-refractivity contribution in [1.29, 1.82) is 0 Å². The van der Waals surface area contributed by atoms with Crippen LogP contribution in [0.2, 0.25) is 0 Å². The van der Waals surface area contributed by atoms with E-state index in [-0.39, 0.29) is 11.0 Å². The van der Waals surface area contributed by atoms with E-state index < -0.39 is 5.97 Å². The normalized spacial score (nSPS) is 29.6. The SMILES string of the molecule is C=Cc1c(C(=O)O)cccc1-c1ccc(C23CC4CC(CC(C4)C2)C3)c(OC)c1. The fourth-order valence-corrected chi connectivity index (χ4v) is 6.96. The molecule has 0 saturated heterocycles. The molecule has 29 heavy (non-hydrogen) atoms. The van der Waals surface area contributed by atoms with Crippen molar-refractivity contribution in [1.82, 2.24) is 0 Å². The van der Waals surface area contributed by atoms with Gasteiger partial charge >= 0.3 is 5.97 Å². The molecule has 0 radical (unpaired) electrons. The van der Waals surface area contributed by atoms with E-state index in [9.17, 15) is 9.90 Å². The molecule has 4 saturated carbocycles. The summed E-state index contributed by atoms with van der Waals surface area (Å²) in [4.78, 5) is 11.6. The molecule has 150 valence electrons.